The summed E-state index contributed by atoms with van der Waals surface area (Å²) in [6.07, 6.45) is 5.67. The highest BCUT2D eigenvalue weighted by molar-refractivity contribution is 5.06. The van der Waals surface area contributed by atoms with Gasteiger partial charge in [-0.3, -0.25) is 5.32 Å². The van der Waals surface area contributed by atoms with Crippen molar-refractivity contribution in [2.24, 2.45) is 0 Å². The molecule has 4 nitrogen and oxygen atoms in total. The van der Waals surface area contributed by atoms with Crippen molar-refractivity contribution in [2.75, 3.05) is 33.4 Å². The van der Waals surface area contributed by atoms with E-state index in [9.17, 15) is 5.26 Å². The zero-order valence-corrected chi connectivity index (χ0v) is 12.7. The van der Waals surface area contributed by atoms with Gasteiger partial charge < -0.3 is 9.64 Å². The summed E-state index contributed by atoms with van der Waals surface area (Å²) in [5.74, 6) is 0. The Balaban J connectivity index is 2.15. The molecule has 0 aromatic heterocycles. The highest BCUT2D eigenvalue weighted by Crippen LogP contribution is 2.24. The molecule has 1 saturated carbocycles. The van der Waals surface area contributed by atoms with Crippen molar-refractivity contribution in [3.8, 4) is 6.07 Å². The first-order valence-electron chi connectivity index (χ1n) is 7.54. The molecule has 0 aromatic rings. The lowest BCUT2D eigenvalue weighted by molar-refractivity contribution is 0.149. The van der Waals surface area contributed by atoms with Gasteiger partial charge in [0.25, 0.3) is 0 Å². The fraction of sp³-hybridized carbons (Fsp3) is 0.933. The number of hydrogen-bond donors (Lipinski definition) is 1. The topological polar surface area (TPSA) is 48.3 Å². The molecule has 1 aliphatic rings. The number of likely N-dealkylation sites (N-methyl/N-ethyl adjacent to an activating group) is 1. The van der Waals surface area contributed by atoms with E-state index in [0.717, 1.165) is 45.5 Å². The number of nitrogens with zero attached hydrogens (tertiary/aromatic N) is 2. The zero-order chi connectivity index (χ0) is 14.1. The Morgan fingerprint density at radius 2 is 2.11 bits per heavy atom. The molecule has 1 fully saturated rings. The number of hydrogen-bond acceptors (Lipinski definition) is 4. The van der Waals surface area contributed by atoms with E-state index in [0.29, 0.717) is 6.04 Å². The van der Waals surface area contributed by atoms with Gasteiger partial charge in [0.05, 0.1) is 12.7 Å². The molecule has 19 heavy (non-hydrogen) atoms. The molecule has 0 amide bonds. The van der Waals surface area contributed by atoms with Gasteiger partial charge in [-0.15, -0.1) is 0 Å². The zero-order valence-electron chi connectivity index (χ0n) is 12.7. The molecule has 1 unspecified atom stereocenters. The van der Waals surface area contributed by atoms with E-state index in [1.54, 1.807) is 7.11 Å². The van der Waals surface area contributed by atoms with Crippen LogP contribution in [-0.4, -0.2) is 49.8 Å². The summed E-state index contributed by atoms with van der Waals surface area (Å²) >= 11 is 0. The van der Waals surface area contributed by atoms with Gasteiger partial charge in [0.2, 0.25) is 0 Å². The predicted octanol–water partition coefficient (Wildman–Crippen LogP) is 2.16. The number of unbranched alkanes of at least 4 members (excludes halogenated alkanes) is 1. The summed E-state index contributed by atoms with van der Waals surface area (Å²) in [6.45, 7) is 8.19. The third-order valence-electron chi connectivity index (χ3n) is 3.81. The second-order valence-electron chi connectivity index (χ2n) is 5.75. The summed E-state index contributed by atoms with van der Waals surface area (Å²) in [5.41, 5.74) is -0.329. The summed E-state index contributed by atoms with van der Waals surface area (Å²) in [4.78, 5) is 2.40. The van der Waals surface area contributed by atoms with E-state index < -0.39 is 0 Å². The van der Waals surface area contributed by atoms with Crippen LogP contribution in [0.2, 0.25) is 0 Å². The molecule has 0 heterocycles. The smallest absolute Gasteiger partial charge is 0.104 e. The SMILES string of the molecule is CCN(CCCCC(C)(C#N)NC1CC1)CCOC. The Labute approximate surface area is 118 Å². The fourth-order valence-corrected chi connectivity index (χ4v) is 2.30. The average molecular weight is 267 g/mol. The first-order valence-corrected chi connectivity index (χ1v) is 7.54. The Hall–Kier alpha value is -0.630. The van der Waals surface area contributed by atoms with Gasteiger partial charge in [-0.1, -0.05) is 6.92 Å². The molecular formula is C15H29N3O. The van der Waals surface area contributed by atoms with Gasteiger partial charge in [-0.05, 0) is 52.1 Å². The Bertz CT molecular complexity index is 286. The van der Waals surface area contributed by atoms with Crippen LogP contribution in [0.5, 0.6) is 0 Å². The van der Waals surface area contributed by atoms with E-state index in [-0.39, 0.29) is 5.54 Å². The van der Waals surface area contributed by atoms with Gasteiger partial charge >= 0.3 is 0 Å². The number of methoxy groups -OCH3 is 1. The fourth-order valence-electron chi connectivity index (χ4n) is 2.30. The minimum absolute atomic E-state index is 0.329. The monoisotopic (exact) mass is 267 g/mol. The van der Waals surface area contributed by atoms with Crippen LogP contribution < -0.4 is 5.32 Å². The number of rotatable bonds is 11. The van der Waals surface area contributed by atoms with Crippen LogP contribution >= 0.6 is 0 Å². The van der Waals surface area contributed by atoms with Crippen LogP contribution in [-0.2, 0) is 4.74 Å². The second-order valence-corrected chi connectivity index (χ2v) is 5.75. The van der Waals surface area contributed by atoms with Crippen molar-refractivity contribution < 1.29 is 4.74 Å². The van der Waals surface area contributed by atoms with E-state index >= 15 is 0 Å². The van der Waals surface area contributed by atoms with Gasteiger partial charge in [0, 0.05) is 19.7 Å². The predicted molar refractivity (Wildman–Crippen MR) is 78.0 cm³/mol. The van der Waals surface area contributed by atoms with Crippen molar-refractivity contribution in [1.82, 2.24) is 10.2 Å². The summed E-state index contributed by atoms with van der Waals surface area (Å²) in [7, 11) is 1.75. The molecular weight excluding hydrogens is 238 g/mol. The molecule has 110 valence electrons. The molecule has 0 aliphatic heterocycles. The van der Waals surface area contributed by atoms with Crippen molar-refractivity contribution in [2.45, 2.75) is 57.5 Å². The molecule has 1 N–H and O–H groups in total. The van der Waals surface area contributed by atoms with E-state index in [2.05, 4.69) is 23.2 Å². The lowest BCUT2D eigenvalue weighted by Gasteiger charge is -2.24. The van der Waals surface area contributed by atoms with Gasteiger partial charge in [0.15, 0.2) is 0 Å². The van der Waals surface area contributed by atoms with Crippen molar-refractivity contribution in [1.29, 1.82) is 5.26 Å². The Morgan fingerprint density at radius 3 is 2.63 bits per heavy atom. The first kappa shape index (κ1) is 16.4. The van der Waals surface area contributed by atoms with E-state index in [1.165, 1.54) is 12.8 Å². The molecule has 1 aliphatic carbocycles. The summed E-state index contributed by atoms with van der Waals surface area (Å²) < 4.78 is 5.11. The highest BCUT2D eigenvalue weighted by atomic mass is 16.5. The average Bonchev–Trinajstić information content (AvgIpc) is 3.22. The van der Waals surface area contributed by atoms with Gasteiger partial charge in [0.1, 0.15) is 5.54 Å². The largest absolute Gasteiger partial charge is 0.383 e. The second kappa shape index (κ2) is 8.52. The molecule has 0 saturated heterocycles. The van der Waals surface area contributed by atoms with Crippen LogP contribution in [0.15, 0.2) is 0 Å². The van der Waals surface area contributed by atoms with Crippen molar-refractivity contribution in [3.05, 3.63) is 0 Å². The van der Waals surface area contributed by atoms with Crippen LogP contribution in [0.3, 0.4) is 0 Å². The summed E-state index contributed by atoms with van der Waals surface area (Å²) in [6, 6.07) is 3.04. The normalized spacial score (nSPS) is 18.3. The van der Waals surface area contributed by atoms with Crippen LogP contribution in [0, 0.1) is 11.3 Å². The number of ether oxygens (including phenoxy) is 1. The van der Waals surface area contributed by atoms with Gasteiger partial charge in [-0.25, -0.2) is 0 Å². The quantitative estimate of drug-likeness (QED) is 0.583. The highest BCUT2D eigenvalue weighted by Gasteiger charge is 2.31. The maximum absolute atomic E-state index is 9.29. The maximum Gasteiger partial charge on any atom is 0.104 e. The maximum atomic E-state index is 9.29. The molecule has 0 aromatic carbocycles. The van der Waals surface area contributed by atoms with Gasteiger partial charge in [-0.2, -0.15) is 5.26 Å². The van der Waals surface area contributed by atoms with E-state index in [1.807, 2.05) is 6.92 Å². The third kappa shape index (κ3) is 6.91. The van der Waals surface area contributed by atoms with Crippen molar-refractivity contribution in [3.63, 3.8) is 0 Å². The Morgan fingerprint density at radius 1 is 1.37 bits per heavy atom. The molecule has 0 spiro atoms. The molecule has 4 heteroatoms. The number of nitrogens with one attached hydrogen (secondary N) is 1. The lowest BCUT2D eigenvalue weighted by Crippen LogP contribution is -2.42. The van der Waals surface area contributed by atoms with Crippen molar-refractivity contribution >= 4 is 0 Å². The number of nitriles is 1. The van der Waals surface area contributed by atoms with Crippen LogP contribution in [0.1, 0.15) is 46.0 Å². The summed E-state index contributed by atoms with van der Waals surface area (Å²) in [5, 5.41) is 12.8. The minimum atomic E-state index is -0.329. The molecule has 1 rings (SSSR count). The van der Waals surface area contributed by atoms with Crippen LogP contribution in [0.4, 0.5) is 0 Å². The molecule has 1 atom stereocenters. The van der Waals surface area contributed by atoms with Crippen LogP contribution in [0.25, 0.3) is 0 Å². The standard InChI is InChI=1S/C15H29N3O/c1-4-18(11-12-19-3)10-6-5-9-15(2,13-16)17-14-7-8-14/h14,17H,4-12H2,1-3H3. The Kier molecular flexibility index (Phi) is 7.37. The minimum Gasteiger partial charge on any atom is -0.383 e. The third-order valence-corrected chi connectivity index (χ3v) is 3.81. The first-order chi connectivity index (χ1) is 9.13. The lowest BCUT2D eigenvalue weighted by atomic mass is 9.96. The molecule has 0 bridgehead atoms. The molecule has 0 radical (unpaired) electrons. The van der Waals surface area contributed by atoms with E-state index in [4.69, 9.17) is 4.74 Å².